The minimum absolute atomic E-state index is 0.0858. The van der Waals surface area contributed by atoms with Crippen molar-refractivity contribution >= 4 is 27.6 Å². The Balaban J connectivity index is 1.78. The first-order valence-corrected chi connectivity index (χ1v) is 12.6. The second-order valence-corrected chi connectivity index (χ2v) is 9.78. The predicted octanol–water partition coefficient (Wildman–Crippen LogP) is 2.86. The number of para-hydroxylation sites is 1. The average Bonchev–Trinajstić information content (AvgIpc) is 3.47. The number of methoxy groups -OCH3 is 3. The maximum Gasteiger partial charge on any atom is 0.243 e. The summed E-state index contributed by atoms with van der Waals surface area (Å²) >= 11 is 5.90. The molecule has 4 rings (SSSR count). The van der Waals surface area contributed by atoms with E-state index in [-0.39, 0.29) is 11.8 Å². The van der Waals surface area contributed by atoms with E-state index < -0.39 is 21.9 Å². The van der Waals surface area contributed by atoms with Gasteiger partial charge in [0.15, 0.2) is 5.82 Å². The highest BCUT2D eigenvalue weighted by Crippen LogP contribution is 2.37. The molecule has 0 radical (unpaired) electrons. The lowest BCUT2D eigenvalue weighted by atomic mass is 10.2. The van der Waals surface area contributed by atoms with Crippen molar-refractivity contribution in [1.82, 2.24) is 29.5 Å². The fourth-order valence-corrected chi connectivity index (χ4v) is 4.86. The number of nitrogens with zero attached hydrogens (tertiary/aromatic N) is 6. The molecule has 36 heavy (non-hydrogen) atoms. The summed E-state index contributed by atoms with van der Waals surface area (Å²) in [5, 5.41) is 13.2. The highest BCUT2D eigenvalue weighted by atomic mass is 35.5. The smallest absolute Gasteiger partial charge is 0.243 e. The number of aromatic nitrogens is 6. The Morgan fingerprint density at radius 1 is 1.06 bits per heavy atom. The molecule has 0 aliphatic carbocycles. The Morgan fingerprint density at radius 2 is 1.78 bits per heavy atom. The number of rotatable bonds is 10. The van der Waals surface area contributed by atoms with Gasteiger partial charge in [0.2, 0.25) is 16.0 Å². The number of ether oxygens (including phenoxy) is 3. The third kappa shape index (κ3) is 5.27. The van der Waals surface area contributed by atoms with Crippen molar-refractivity contribution in [3.8, 4) is 28.7 Å². The Kier molecular flexibility index (Phi) is 7.43. The summed E-state index contributed by atoms with van der Waals surface area (Å²) < 4.78 is 48.6. The number of sulfonamides is 1. The molecule has 3 heterocycles. The highest BCUT2D eigenvalue weighted by molar-refractivity contribution is 7.92. The van der Waals surface area contributed by atoms with E-state index in [1.54, 1.807) is 54.3 Å². The zero-order valence-corrected chi connectivity index (χ0v) is 21.5. The summed E-state index contributed by atoms with van der Waals surface area (Å²) in [5.74, 6) is 0.572. The van der Waals surface area contributed by atoms with E-state index >= 15 is 0 Å². The van der Waals surface area contributed by atoms with Gasteiger partial charge in [-0.2, -0.15) is 5.10 Å². The fraction of sp³-hybridized carbons (Fsp3) is 0.273. The molecular formula is C22H24ClN7O5S. The molecule has 0 fully saturated rings. The normalized spacial score (nSPS) is 12.4. The second-order valence-electron chi connectivity index (χ2n) is 7.58. The molecule has 12 nitrogen and oxygen atoms in total. The molecule has 1 atom stereocenters. The first-order valence-electron chi connectivity index (χ1n) is 10.6. The molecule has 0 amide bonds. The van der Waals surface area contributed by atoms with Crippen molar-refractivity contribution in [3.05, 3.63) is 59.5 Å². The third-order valence-corrected chi connectivity index (χ3v) is 6.67. The molecule has 4 aromatic rings. The third-order valence-electron chi connectivity index (χ3n) is 5.21. The van der Waals surface area contributed by atoms with Crippen molar-refractivity contribution in [2.75, 3.05) is 31.8 Å². The van der Waals surface area contributed by atoms with E-state index in [1.165, 1.54) is 32.1 Å². The minimum Gasteiger partial charge on any atom is -0.494 e. The maximum absolute atomic E-state index is 13.2. The number of aryl methyl sites for hydroxylation is 1. The molecule has 0 bridgehead atoms. The number of anilines is 1. The highest BCUT2D eigenvalue weighted by Gasteiger charge is 2.28. The van der Waals surface area contributed by atoms with Gasteiger partial charge in [0.1, 0.15) is 34.7 Å². The Morgan fingerprint density at radius 3 is 2.33 bits per heavy atom. The molecule has 0 aliphatic heterocycles. The summed E-state index contributed by atoms with van der Waals surface area (Å²) in [6, 6.07) is 10.1. The van der Waals surface area contributed by atoms with Crippen molar-refractivity contribution < 1.29 is 22.6 Å². The van der Waals surface area contributed by atoms with Crippen molar-refractivity contribution in [2.45, 2.75) is 6.10 Å². The molecule has 0 unspecified atom stereocenters. The van der Waals surface area contributed by atoms with E-state index in [0.29, 0.717) is 33.6 Å². The number of benzene rings is 1. The van der Waals surface area contributed by atoms with Gasteiger partial charge in [0, 0.05) is 26.6 Å². The lowest BCUT2D eigenvalue weighted by molar-refractivity contribution is 0.118. The molecule has 14 heteroatoms. The first-order chi connectivity index (χ1) is 17.3. The lowest BCUT2D eigenvalue weighted by Gasteiger charge is -2.18. The Hall–Kier alpha value is -3.68. The molecule has 1 aromatic carbocycles. The maximum atomic E-state index is 13.2. The van der Waals surface area contributed by atoms with Crippen molar-refractivity contribution in [1.29, 1.82) is 0 Å². The lowest BCUT2D eigenvalue weighted by Crippen LogP contribution is -2.25. The van der Waals surface area contributed by atoms with Gasteiger partial charge in [0.25, 0.3) is 0 Å². The molecule has 0 saturated heterocycles. The van der Waals surface area contributed by atoms with Crippen LogP contribution in [0.5, 0.6) is 11.5 Å². The van der Waals surface area contributed by atoms with Crippen LogP contribution in [0.15, 0.2) is 48.8 Å². The van der Waals surface area contributed by atoms with E-state index in [2.05, 4.69) is 25.0 Å². The molecule has 3 aromatic heterocycles. The SMILES string of the molecule is COc1cccc(OC)c1-n1c(NS(=O)(=O)C[C@H](OC)c2ccc(Cl)cn2)nnc1-c1ccn(C)n1. The quantitative estimate of drug-likeness (QED) is 0.326. The van der Waals surface area contributed by atoms with Gasteiger partial charge in [-0.1, -0.05) is 17.7 Å². The number of hydrogen-bond acceptors (Lipinski definition) is 9. The minimum atomic E-state index is -4.02. The van der Waals surface area contributed by atoms with Crippen LogP contribution in [-0.4, -0.2) is 65.0 Å². The fourth-order valence-electron chi connectivity index (χ4n) is 3.55. The van der Waals surface area contributed by atoms with E-state index in [9.17, 15) is 8.42 Å². The van der Waals surface area contributed by atoms with Crippen LogP contribution in [0, 0.1) is 0 Å². The number of nitrogens with one attached hydrogen (secondary N) is 1. The van der Waals surface area contributed by atoms with Gasteiger partial charge in [-0.15, -0.1) is 10.2 Å². The van der Waals surface area contributed by atoms with E-state index in [0.717, 1.165) is 0 Å². The zero-order chi connectivity index (χ0) is 25.9. The van der Waals surface area contributed by atoms with Crippen LogP contribution >= 0.6 is 11.6 Å². The summed E-state index contributed by atoms with van der Waals surface area (Å²) in [7, 11) is 2.13. The second kappa shape index (κ2) is 10.5. The molecule has 0 aliphatic rings. The monoisotopic (exact) mass is 533 g/mol. The standard InChI is InChI=1S/C22H24ClN7O5S/c1-29-11-10-16(27-29)21-25-26-22(30(21)20-17(33-2)6-5-7-18(20)34-3)28-36(31,32)13-19(35-4)15-9-8-14(23)12-24-15/h5-12,19H,13H2,1-4H3,(H,26,28)/t19-/m0/s1. The van der Waals surface area contributed by atoms with E-state index in [1.807, 2.05) is 0 Å². The number of halogens is 1. The van der Waals surface area contributed by atoms with Crippen molar-refractivity contribution in [2.24, 2.45) is 7.05 Å². The van der Waals surface area contributed by atoms with Crippen LogP contribution in [0.25, 0.3) is 17.2 Å². The first kappa shape index (κ1) is 25.4. The van der Waals surface area contributed by atoms with Crippen LogP contribution in [-0.2, 0) is 21.8 Å². The molecular weight excluding hydrogens is 510 g/mol. The number of pyridine rings is 1. The summed E-state index contributed by atoms with van der Waals surface area (Å²) in [6.45, 7) is 0. The van der Waals surface area contributed by atoms with Gasteiger partial charge in [-0.25, -0.2) is 8.42 Å². The molecule has 190 valence electrons. The van der Waals surface area contributed by atoms with Crippen LogP contribution in [0.3, 0.4) is 0 Å². The van der Waals surface area contributed by atoms with E-state index in [4.69, 9.17) is 25.8 Å². The van der Waals surface area contributed by atoms with Crippen LogP contribution in [0.1, 0.15) is 11.8 Å². The zero-order valence-electron chi connectivity index (χ0n) is 19.9. The number of hydrogen-bond donors (Lipinski definition) is 1. The van der Waals surface area contributed by atoms with Crippen LogP contribution in [0.2, 0.25) is 5.02 Å². The predicted molar refractivity (Wildman–Crippen MR) is 133 cm³/mol. The van der Waals surface area contributed by atoms with Gasteiger partial charge < -0.3 is 14.2 Å². The Labute approximate surface area is 212 Å². The average molecular weight is 534 g/mol. The van der Waals surface area contributed by atoms with Gasteiger partial charge in [0.05, 0.1) is 24.9 Å². The van der Waals surface area contributed by atoms with Gasteiger partial charge in [-0.3, -0.25) is 19.0 Å². The summed E-state index contributed by atoms with van der Waals surface area (Å²) in [6.07, 6.45) is 2.30. The Bertz CT molecular complexity index is 1430. The summed E-state index contributed by atoms with van der Waals surface area (Å²) in [4.78, 5) is 4.17. The largest absolute Gasteiger partial charge is 0.494 e. The van der Waals surface area contributed by atoms with Crippen LogP contribution < -0.4 is 14.2 Å². The van der Waals surface area contributed by atoms with Crippen molar-refractivity contribution in [3.63, 3.8) is 0 Å². The molecule has 0 saturated carbocycles. The van der Waals surface area contributed by atoms with Gasteiger partial charge >= 0.3 is 0 Å². The summed E-state index contributed by atoms with van der Waals surface area (Å²) in [5.41, 5.74) is 1.27. The van der Waals surface area contributed by atoms with Gasteiger partial charge in [-0.05, 0) is 30.3 Å². The molecule has 1 N–H and O–H groups in total. The molecule has 0 spiro atoms. The van der Waals surface area contributed by atoms with Crippen LogP contribution in [0.4, 0.5) is 5.95 Å². The topological polar surface area (TPSA) is 135 Å².